The molecule has 0 spiro atoms. The van der Waals surface area contributed by atoms with Gasteiger partial charge in [-0.3, -0.25) is 9.59 Å². The predicted molar refractivity (Wildman–Crippen MR) is 268 cm³/mol. The van der Waals surface area contributed by atoms with E-state index in [1.54, 1.807) is 0 Å². The van der Waals surface area contributed by atoms with E-state index in [1.165, 1.54) is 218 Å². The Hall–Kier alpha value is -1.67. The molecule has 0 aliphatic rings. The minimum Gasteiger partial charge on any atom is -0.544 e. The zero-order chi connectivity index (χ0) is 47.0. The van der Waals surface area contributed by atoms with Crippen molar-refractivity contribution in [3.8, 4) is 0 Å². The first kappa shape index (κ1) is 62.3. The number of unbranched alkanes of at least 4 members (excludes halogenated alkanes) is 38. The molecule has 0 aliphatic heterocycles. The van der Waals surface area contributed by atoms with Crippen LogP contribution in [0, 0.1) is 0 Å². The molecule has 0 amide bonds. The van der Waals surface area contributed by atoms with Gasteiger partial charge in [-0.05, 0) is 12.8 Å². The average molecular weight is 908 g/mol. The molecule has 0 rings (SSSR count). The maximum absolute atomic E-state index is 12.8. The Bertz CT molecular complexity index is 1010. The summed E-state index contributed by atoms with van der Waals surface area (Å²) < 4.78 is 17.3. The van der Waals surface area contributed by atoms with Crippen LogP contribution in [0.5, 0.6) is 0 Å². The minimum atomic E-state index is -1.12. The van der Waals surface area contributed by atoms with Crippen LogP contribution in [-0.2, 0) is 28.6 Å². The fourth-order valence-electron chi connectivity index (χ4n) is 8.90. The van der Waals surface area contributed by atoms with Gasteiger partial charge in [0, 0.05) is 19.3 Å². The summed E-state index contributed by atoms with van der Waals surface area (Å²) in [7, 11) is 5.44. The van der Waals surface area contributed by atoms with Crippen LogP contribution >= 0.6 is 0 Å². The number of quaternary nitrogens is 1. The lowest BCUT2D eigenvalue weighted by molar-refractivity contribution is -0.889. The number of carbonyl (C=O) groups excluding carboxylic acids is 3. The van der Waals surface area contributed by atoms with Gasteiger partial charge in [0.2, 0.25) is 0 Å². The number of esters is 2. The molecule has 0 aromatic carbocycles. The number of hydrogen-bond acceptors (Lipinski definition) is 7. The van der Waals surface area contributed by atoms with Gasteiger partial charge in [0.15, 0.2) is 6.10 Å². The van der Waals surface area contributed by atoms with Crippen molar-refractivity contribution < 1.29 is 38.2 Å². The quantitative estimate of drug-likeness (QED) is 0.0340. The molecule has 2 atom stereocenters. The molecule has 380 valence electrons. The van der Waals surface area contributed by atoms with Crippen molar-refractivity contribution in [3.05, 3.63) is 0 Å². The van der Waals surface area contributed by atoms with Gasteiger partial charge in [0.1, 0.15) is 12.6 Å². The van der Waals surface area contributed by atoms with Crippen LogP contribution in [0.4, 0.5) is 0 Å². The number of likely N-dealkylation sites (N-methyl/N-ethyl adjacent to an activating group) is 1. The lowest BCUT2D eigenvalue weighted by atomic mass is 10.0. The van der Waals surface area contributed by atoms with Gasteiger partial charge < -0.3 is 28.6 Å². The number of carboxylic acids is 1. The average Bonchev–Trinajstić information content (AvgIpc) is 3.26. The Morgan fingerprint density at radius 2 is 0.688 bits per heavy atom. The minimum absolute atomic E-state index is 0.0501. The Labute approximate surface area is 397 Å². The van der Waals surface area contributed by atoms with E-state index >= 15 is 0 Å². The maximum Gasteiger partial charge on any atom is 0.306 e. The van der Waals surface area contributed by atoms with E-state index in [4.69, 9.17) is 14.2 Å². The lowest BCUT2D eigenvalue weighted by Gasteiger charge is -2.34. The van der Waals surface area contributed by atoms with Gasteiger partial charge in [-0.15, -0.1) is 0 Å². The van der Waals surface area contributed by atoms with E-state index in [0.717, 1.165) is 38.5 Å². The molecule has 0 aliphatic carbocycles. The lowest BCUT2D eigenvalue weighted by Crippen LogP contribution is -2.55. The third-order valence-electron chi connectivity index (χ3n) is 13.2. The summed E-state index contributed by atoms with van der Waals surface area (Å²) >= 11 is 0. The molecule has 0 saturated carbocycles. The number of hydrogen-bond donors (Lipinski definition) is 0. The van der Waals surface area contributed by atoms with Gasteiger partial charge >= 0.3 is 11.9 Å². The largest absolute Gasteiger partial charge is 0.544 e. The van der Waals surface area contributed by atoms with E-state index < -0.39 is 18.1 Å². The number of carboxylic acid groups (broad SMARTS) is 1. The summed E-state index contributed by atoms with van der Waals surface area (Å²) in [5.41, 5.74) is 0. The Morgan fingerprint density at radius 1 is 0.406 bits per heavy atom. The van der Waals surface area contributed by atoms with Gasteiger partial charge in [-0.2, -0.15) is 0 Å². The van der Waals surface area contributed by atoms with Crippen LogP contribution in [0.1, 0.15) is 290 Å². The zero-order valence-corrected chi connectivity index (χ0v) is 43.5. The van der Waals surface area contributed by atoms with E-state index in [2.05, 4.69) is 13.8 Å². The van der Waals surface area contributed by atoms with Crippen molar-refractivity contribution in [2.75, 3.05) is 41.0 Å². The van der Waals surface area contributed by atoms with Crippen molar-refractivity contribution in [1.82, 2.24) is 0 Å². The van der Waals surface area contributed by atoms with Gasteiger partial charge in [-0.25, -0.2) is 0 Å². The molecule has 8 heteroatoms. The maximum atomic E-state index is 12.8. The molecule has 8 nitrogen and oxygen atoms in total. The monoisotopic (exact) mass is 908 g/mol. The van der Waals surface area contributed by atoms with Crippen LogP contribution in [0.15, 0.2) is 0 Å². The molecule has 0 aromatic rings. The smallest absolute Gasteiger partial charge is 0.306 e. The van der Waals surface area contributed by atoms with E-state index in [0.29, 0.717) is 12.8 Å². The van der Waals surface area contributed by atoms with Crippen LogP contribution in [-0.4, -0.2) is 75.5 Å². The second kappa shape index (κ2) is 47.8. The molecule has 0 saturated heterocycles. The molecule has 0 aromatic heterocycles. The van der Waals surface area contributed by atoms with Crippen LogP contribution in [0.2, 0.25) is 0 Å². The topological polar surface area (TPSA) is 102 Å². The highest BCUT2D eigenvalue weighted by Crippen LogP contribution is 2.18. The van der Waals surface area contributed by atoms with Crippen LogP contribution in [0.3, 0.4) is 0 Å². The SMILES string of the molecule is CCCCCCCCCCCCCCCCCCCCCCCC(=O)OCC(COCCC(C(=O)[O-])[N+](C)(C)C)OC(=O)CCCCCCCCCCCCCCCCCCCCC. The molecular formula is C56H109NO7. The van der Waals surface area contributed by atoms with E-state index in [-0.39, 0.29) is 42.7 Å². The van der Waals surface area contributed by atoms with Gasteiger partial charge in [0.25, 0.3) is 0 Å². The zero-order valence-electron chi connectivity index (χ0n) is 43.5. The third kappa shape index (κ3) is 45.5. The summed E-state index contributed by atoms with van der Waals surface area (Å²) in [6, 6.07) is -0.720. The predicted octanol–water partition coefficient (Wildman–Crippen LogP) is 15.1. The number of nitrogens with zero attached hydrogens (tertiary/aromatic N) is 1. The molecular weight excluding hydrogens is 799 g/mol. The molecule has 0 radical (unpaired) electrons. The molecule has 2 unspecified atom stereocenters. The highest BCUT2D eigenvalue weighted by atomic mass is 16.6. The summed E-state index contributed by atoms with van der Waals surface area (Å²) in [6.07, 6.45) is 52.8. The normalized spacial score (nSPS) is 12.7. The first-order chi connectivity index (χ1) is 31.1. The van der Waals surface area contributed by atoms with Crippen molar-refractivity contribution in [2.45, 2.75) is 302 Å². The Kier molecular flexibility index (Phi) is 46.6. The number of ether oxygens (including phenoxy) is 3. The van der Waals surface area contributed by atoms with Gasteiger partial charge in [0.05, 0.1) is 40.3 Å². The molecule has 0 heterocycles. The molecule has 0 fully saturated rings. The fraction of sp³-hybridized carbons (Fsp3) is 0.946. The first-order valence-corrected chi connectivity index (χ1v) is 28.1. The Morgan fingerprint density at radius 3 is 0.969 bits per heavy atom. The summed E-state index contributed by atoms with van der Waals surface area (Å²) in [5, 5.41) is 11.7. The summed E-state index contributed by atoms with van der Waals surface area (Å²) in [6.45, 7) is 4.74. The van der Waals surface area contributed by atoms with E-state index in [1.807, 2.05) is 21.1 Å². The van der Waals surface area contributed by atoms with Gasteiger partial charge in [-0.1, -0.05) is 258 Å². The Balaban J connectivity index is 4.12. The van der Waals surface area contributed by atoms with Crippen LogP contribution in [0.25, 0.3) is 0 Å². The second-order valence-corrected chi connectivity index (χ2v) is 20.5. The highest BCUT2D eigenvalue weighted by Gasteiger charge is 2.25. The highest BCUT2D eigenvalue weighted by molar-refractivity contribution is 5.70. The van der Waals surface area contributed by atoms with Crippen molar-refractivity contribution in [3.63, 3.8) is 0 Å². The van der Waals surface area contributed by atoms with Crippen molar-refractivity contribution in [2.24, 2.45) is 0 Å². The molecule has 0 bridgehead atoms. The molecule has 0 N–H and O–H groups in total. The second-order valence-electron chi connectivity index (χ2n) is 20.5. The van der Waals surface area contributed by atoms with Crippen molar-refractivity contribution in [1.29, 1.82) is 0 Å². The molecule has 64 heavy (non-hydrogen) atoms. The van der Waals surface area contributed by atoms with Crippen molar-refractivity contribution >= 4 is 17.9 Å². The summed E-state index contributed by atoms with van der Waals surface area (Å²) in [4.78, 5) is 37.1. The third-order valence-corrected chi connectivity index (χ3v) is 13.2. The number of rotatable bonds is 52. The fourth-order valence-corrected chi connectivity index (χ4v) is 8.90. The van der Waals surface area contributed by atoms with Crippen LogP contribution < -0.4 is 5.11 Å². The summed E-state index contributed by atoms with van der Waals surface area (Å²) in [5.74, 6) is -1.70. The van der Waals surface area contributed by atoms with E-state index in [9.17, 15) is 19.5 Å². The number of aliphatic carboxylic acids is 1. The first-order valence-electron chi connectivity index (χ1n) is 28.1. The number of carbonyl (C=O) groups is 3. The standard InChI is InChI=1S/C56H109NO7/c1-6-8-10-12-14-16-18-20-22-24-26-27-29-30-32-34-36-38-40-42-44-46-54(58)63-51-52(50-62-49-48-53(56(60)61)57(3,4)5)64-55(59)47-45-43-41-39-37-35-33-31-28-25-23-21-19-17-15-13-11-9-7-2/h52-53H,6-51H2,1-5H3.